The van der Waals surface area contributed by atoms with Crippen LogP contribution in [0.4, 0.5) is 0 Å². The standard InChI is InChI=1S/C9H7BrO3/c10-7-4-2-1-3-6(7)9(5-13-9)8(11)12/h1-4H,5H2,(H,11,12). The summed E-state index contributed by atoms with van der Waals surface area (Å²) in [6.45, 7) is 0.255. The van der Waals surface area contributed by atoms with Gasteiger partial charge in [-0.15, -0.1) is 0 Å². The van der Waals surface area contributed by atoms with Gasteiger partial charge in [-0.2, -0.15) is 0 Å². The van der Waals surface area contributed by atoms with Gasteiger partial charge in [0.2, 0.25) is 5.60 Å². The molecule has 1 aromatic carbocycles. The van der Waals surface area contributed by atoms with Crippen LogP contribution >= 0.6 is 15.9 Å². The topological polar surface area (TPSA) is 49.8 Å². The fourth-order valence-electron chi connectivity index (χ4n) is 1.26. The molecule has 0 aromatic heterocycles. The van der Waals surface area contributed by atoms with Crippen LogP contribution in [-0.4, -0.2) is 17.7 Å². The lowest BCUT2D eigenvalue weighted by Crippen LogP contribution is -2.21. The van der Waals surface area contributed by atoms with E-state index in [0.29, 0.717) is 5.56 Å². The van der Waals surface area contributed by atoms with Gasteiger partial charge in [0, 0.05) is 10.0 Å². The summed E-state index contributed by atoms with van der Waals surface area (Å²) in [5, 5.41) is 8.94. The Labute approximate surface area is 83.5 Å². The van der Waals surface area contributed by atoms with Gasteiger partial charge in [-0.3, -0.25) is 0 Å². The molecule has 0 saturated carbocycles. The van der Waals surface area contributed by atoms with E-state index >= 15 is 0 Å². The number of hydrogen-bond donors (Lipinski definition) is 1. The van der Waals surface area contributed by atoms with Crippen molar-refractivity contribution in [2.75, 3.05) is 6.61 Å². The minimum Gasteiger partial charge on any atom is -0.479 e. The molecule has 3 nitrogen and oxygen atoms in total. The highest BCUT2D eigenvalue weighted by Crippen LogP contribution is 2.42. The van der Waals surface area contributed by atoms with Crippen molar-refractivity contribution < 1.29 is 14.6 Å². The molecular weight excluding hydrogens is 236 g/mol. The minimum absolute atomic E-state index is 0.255. The van der Waals surface area contributed by atoms with Crippen molar-refractivity contribution >= 4 is 21.9 Å². The van der Waals surface area contributed by atoms with Crippen molar-refractivity contribution in [2.45, 2.75) is 5.60 Å². The molecule has 1 unspecified atom stereocenters. The molecule has 1 atom stereocenters. The third kappa shape index (κ3) is 1.26. The molecule has 68 valence electrons. The maximum Gasteiger partial charge on any atom is 0.343 e. The van der Waals surface area contributed by atoms with Crippen molar-refractivity contribution in [3.63, 3.8) is 0 Å². The highest BCUT2D eigenvalue weighted by atomic mass is 79.9. The Kier molecular flexibility index (Phi) is 1.89. The third-order valence-electron chi connectivity index (χ3n) is 2.09. The van der Waals surface area contributed by atoms with Gasteiger partial charge in [-0.1, -0.05) is 34.1 Å². The van der Waals surface area contributed by atoms with E-state index < -0.39 is 11.6 Å². The van der Waals surface area contributed by atoms with Crippen LogP contribution in [0, 0.1) is 0 Å². The molecule has 1 aromatic rings. The van der Waals surface area contributed by atoms with Crippen LogP contribution in [0.2, 0.25) is 0 Å². The van der Waals surface area contributed by atoms with Gasteiger partial charge < -0.3 is 9.84 Å². The lowest BCUT2D eigenvalue weighted by molar-refractivity contribution is -0.143. The average Bonchev–Trinajstić information content (AvgIpc) is 2.85. The fourth-order valence-corrected chi connectivity index (χ4v) is 1.86. The lowest BCUT2D eigenvalue weighted by atomic mass is 10.0. The second kappa shape index (κ2) is 2.82. The first-order chi connectivity index (χ1) is 6.17. The number of benzene rings is 1. The molecule has 1 aliphatic heterocycles. The fraction of sp³-hybridized carbons (Fsp3) is 0.222. The molecule has 0 amide bonds. The largest absolute Gasteiger partial charge is 0.479 e. The van der Waals surface area contributed by atoms with Gasteiger partial charge in [0.15, 0.2) is 0 Å². The smallest absolute Gasteiger partial charge is 0.343 e. The predicted octanol–water partition coefficient (Wildman–Crippen LogP) is 1.76. The summed E-state index contributed by atoms with van der Waals surface area (Å²) in [7, 11) is 0. The zero-order valence-corrected chi connectivity index (χ0v) is 8.24. The van der Waals surface area contributed by atoms with Crippen LogP contribution in [0.15, 0.2) is 28.7 Å². The van der Waals surface area contributed by atoms with E-state index in [1.54, 1.807) is 12.1 Å². The Morgan fingerprint density at radius 2 is 2.15 bits per heavy atom. The SMILES string of the molecule is O=C(O)C1(c2ccccc2Br)CO1. The number of ether oxygens (including phenoxy) is 1. The molecule has 0 spiro atoms. The van der Waals surface area contributed by atoms with Gasteiger partial charge in [-0.05, 0) is 6.07 Å². The van der Waals surface area contributed by atoms with Crippen molar-refractivity contribution in [2.24, 2.45) is 0 Å². The predicted molar refractivity (Wildman–Crippen MR) is 49.4 cm³/mol. The molecule has 1 fully saturated rings. The summed E-state index contributed by atoms with van der Waals surface area (Å²) in [5.41, 5.74) is -0.414. The van der Waals surface area contributed by atoms with Gasteiger partial charge in [0.1, 0.15) is 0 Å². The zero-order chi connectivity index (χ0) is 9.47. The molecule has 4 heteroatoms. The quantitative estimate of drug-likeness (QED) is 0.805. The van der Waals surface area contributed by atoms with E-state index in [1.807, 2.05) is 12.1 Å². The Morgan fingerprint density at radius 3 is 2.62 bits per heavy atom. The first-order valence-electron chi connectivity index (χ1n) is 3.79. The van der Waals surface area contributed by atoms with E-state index in [4.69, 9.17) is 9.84 Å². The molecule has 13 heavy (non-hydrogen) atoms. The van der Waals surface area contributed by atoms with Gasteiger partial charge >= 0.3 is 5.97 Å². The summed E-state index contributed by atoms with van der Waals surface area (Å²) in [6.07, 6.45) is 0. The Bertz CT molecular complexity index is 358. The monoisotopic (exact) mass is 242 g/mol. The Balaban J connectivity index is 2.47. The van der Waals surface area contributed by atoms with Crippen molar-refractivity contribution in [3.8, 4) is 0 Å². The molecule has 1 heterocycles. The highest BCUT2D eigenvalue weighted by molar-refractivity contribution is 9.10. The molecule has 2 rings (SSSR count). The first kappa shape index (κ1) is 8.72. The summed E-state index contributed by atoms with van der Waals surface area (Å²) < 4.78 is 5.77. The van der Waals surface area contributed by atoms with Crippen molar-refractivity contribution in [1.82, 2.24) is 0 Å². The van der Waals surface area contributed by atoms with Crippen LogP contribution in [0.1, 0.15) is 5.56 Å². The minimum atomic E-state index is -1.10. The maximum absolute atomic E-state index is 10.9. The van der Waals surface area contributed by atoms with Crippen LogP contribution in [-0.2, 0) is 15.1 Å². The zero-order valence-electron chi connectivity index (χ0n) is 6.66. The second-order valence-electron chi connectivity index (χ2n) is 2.90. The molecule has 1 aliphatic rings. The Hall–Kier alpha value is -0.870. The first-order valence-corrected chi connectivity index (χ1v) is 4.58. The van der Waals surface area contributed by atoms with Gasteiger partial charge in [0.25, 0.3) is 0 Å². The Morgan fingerprint density at radius 1 is 1.54 bits per heavy atom. The molecule has 1 N–H and O–H groups in total. The number of halogens is 1. The van der Waals surface area contributed by atoms with Crippen LogP contribution in [0.3, 0.4) is 0 Å². The van der Waals surface area contributed by atoms with E-state index in [2.05, 4.69) is 15.9 Å². The van der Waals surface area contributed by atoms with E-state index in [9.17, 15) is 4.79 Å². The van der Waals surface area contributed by atoms with Crippen molar-refractivity contribution in [1.29, 1.82) is 0 Å². The van der Waals surface area contributed by atoms with Crippen molar-refractivity contribution in [3.05, 3.63) is 34.3 Å². The van der Waals surface area contributed by atoms with E-state index in [0.717, 1.165) is 4.47 Å². The highest BCUT2D eigenvalue weighted by Gasteiger charge is 2.55. The van der Waals surface area contributed by atoms with E-state index in [1.165, 1.54) is 0 Å². The summed E-state index contributed by atoms with van der Waals surface area (Å²) in [5.74, 6) is -0.931. The molecule has 0 aliphatic carbocycles. The van der Waals surface area contributed by atoms with Crippen LogP contribution in [0.5, 0.6) is 0 Å². The van der Waals surface area contributed by atoms with E-state index in [-0.39, 0.29) is 6.61 Å². The second-order valence-corrected chi connectivity index (χ2v) is 3.76. The third-order valence-corrected chi connectivity index (χ3v) is 2.78. The van der Waals surface area contributed by atoms with Crippen LogP contribution < -0.4 is 0 Å². The summed E-state index contributed by atoms with van der Waals surface area (Å²) >= 11 is 3.30. The molecular formula is C9H7BrO3. The number of carboxylic acids is 1. The summed E-state index contributed by atoms with van der Waals surface area (Å²) in [6, 6.07) is 7.20. The lowest BCUT2D eigenvalue weighted by Gasteiger charge is -2.08. The summed E-state index contributed by atoms with van der Waals surface area (Å²) in [4.78, 5) is 10.9. The molecule has 0 radical (unpaired) electrons. The number of hydrogen-bond acceptors (Lipinski definition) is 2. The molecule has 1 saturated heterocycles. The number of rotatable bonds is 2. The normalized spacial score (nSPS) is 25.6. The van der Waals surface area contributed by atoms with Crippen LogP contribution in [0.25, 0.3) is 0 Å². The number of aliphatic carboxylic acids is 1. The number of carbonyl (C=O) groups is 1. The average molecular weight is 243 g/mol. The van der Waals surface area contributed by atoms with Gasteiger partial charge in [-0.25, -0.2) is 4.79 Å². The number of epoxide rings is 1. The molecule has 0 bridgehead atoms. The van der Waals surface area contributed by atoms with Gasteiger partial charge in [0.05, 0.1) is 6.61 Å². The number of carboxylic acid groups (broad SMARTS) is 1. The maximum atomic E-state index is 10.9.